The number of nitrogens with two attached hydrogens (primary N) is 1. The molecule has 6 heteroatoms. The third kappa shape index (κ3) is 2.48. The Morgan fingerprint density at radius 1 is 1.20 bits per heavy atom. The smallest absolute Gasteiger partial charge is 0.153 e. The van der Waals surface area contributed by atoms with E-state index in [0.29, 0.717) is 19.6 Å². The second-order valence-corrected chi connectivity index (χ2v) is 7.30. The van der Waals surface area contributed by atoms with E-state index in [9.17, 15) is 8.42 Å². The summed E-state index contributed by atoms with van der Waals surface area (Å²) in [4.78, 5) is 6.65. The molecule has 20 heavy (non-hydrogen) atoms. The van der Waals surface area contributed by atoms with Gasteiger partial charge in [0.25, 0.3) is 0 Å². The molecular weight excluding hydrogens is 274 g/mol. The minimum atomic E-state index is -2.88. The Balaban J connectivity index is 2.00. The van der Waals surface area contributed by atoms with Crippen LogP contribution < -0.4 is 10.6 Å². The Morgan fingerprint density at radius 2 is 1.90 bits per heavy atom. The van der Waals surface area contributed by atoms with Crippen molar-refractivity contribution in [2.75, 3.05) is 29.5 Å². The molecule has 1 aliphatic heterocycles. The number of anilines is 1. The first-order valence-corrected chi connectivity index (χ1v) is 8.45. The Labute approximate surface area is 118 Å². The Kier molecular flexibility index (Phi) is 3.35. The van der Waals surface area contributed by atoms with Gasteiger partial charge < -0.3 is 10.6 Å². The molecule has 0 saturated carbocycles. The van der Waals surface area contributed by atoms with Crippen LogP contribution in [0, 0.1) is 0 Å². The molecule has 1 saturated heterocycles. The van der Waals surface area contributed by atoms with Crippen molar-refractivity contribution in [1.29, 1.82) is 0 Å². The summed E-state index contributed by atoms with van der Waals surface area (Å²) in [5.41, 5.74) is 7.76. The van der Waals surface area contributed by atoms with Crippen LogP contribution in [0.25, 0.3) is 10.9 Å². The maximum absolute atomic E-state index is 11.5. The topological polar surface area (TPSA) is 76.3 Å². The van der Waals surface area contributed by atoms with Crippen molar-refractivity contribution >= 4 is 26.6 Å². The second kappa shape index (κ2) is 5.03. The minimum Gasteiger partial charge on any atom is -0.355 e. The normalized spacial score (nSPS) is 18.4. The zero-order valence-electron chi connectivity index (χ0n) is 11.1. The molecular formula is C14H17N3O2S. The number of rotatable bonds is 2. The maximum atomic E-state index is 11.5. The lowest BCUT2D eigenvalue weighted by Gasteiger charge is -2.28. The number of fused-ring (bicyclic) bond motifs is 1. The molecule has 0 amide bonds. The molecule has 1 aromatic heterocycles. The standard InChI is InChI=1S/C14H17N3O2S/c15-10-11-9-14(16-13-4-2-1-3-12(11)13)17-5-7-20(18,19)8-6-17/h1-4,9H,5-8,10,15H2. The monoisotopic (exact) mass is 291 g/mol. The second-order valence-electron chi connectivity index (χ2n) is 5.00. The Hall–Kier alpha value is -1.66. The van der Waals surface area contributed by atoms with E-state index in [2.05, 4.69) is 4.98 Å². The summed E-state index contributed by atoms with van der Waals surface area (Å²) in [5.74, 6) is 1.21. The van der Waals surface area contributed by atoms with Gasteiger partial charge in [-0.05, 0) is 17.7 Å². The number of pyridine rings is 1. The van der Waals surface area contributed by atoms with E-state index in [-0.39, 0.29) is 11.5 Å². The van der Waals surface area contributed by atoms with Gasteiger partial charge in [-0.3, -0.25) is 0 Å². The van der Waals surface area contributed by atoms with E-state index in [1.54, 1.807) is 0 Å². The molecule has 1 fully saturated rings. The lowest BCUT2D eigenvalue weighted by molar-refractivity contribution is 0.586. The van der Waals surface area contributed by atoms with Gasteiger partial charge in [-0.2, -0.15) is 0 Å². The maximum Gasteiger partial charge on any atom is 0.153 e. The van der Waals surface area contributed by atoms with Crippen LogP contribution >= 0.6 is 0 Å². The van der Waals surface area contributed by atoms with Gasteiger partial charge >= 0.3 is 0 Å². The summed E-state index contributed by atoms with van der Waals surface area (Å²) in [6.07, 6.45) is 0. The Morgan fingerprint density at radius 3 is 2.60 bits per heavy atom. The highest BCUT2D eigenvalue weighted by Gasteiger charge is 2.23. The highest BCUT2D eigenvalue weighted by molar-refractivity contribution is 7.91. The Bertz CT molecular complexity index is 729. The van der Waals surface area contributed by atoms with Crippen molar-refractivity contribution in [3.05, 3.63) is 35.9 Å². The number of hydrogen-bond donors (Lipinski definition) is 1. The molecule has 2 aromatic rings. The van der Waals surface area contributed by atoms with Gasteiger partial charge in [-0.15, -0.1) is 0 Å². The molecule has 2 heterocycles. The van der Waals surface area contributed by atoms with Crippen molar-refractivity contribution in [2.45, 2.75) is 6.54 Å². The van der Waals surface area contributed by atoms with Crippen LogP contribution in [0.1, 0.15) is 5.56 Å². The number of para-hydroxylation sites is 1. The molecule has 2 N–H and O–H groups in total. The first-order chi connectivity index (χ1) is 9.59. The van der Waals surface area contributed by atoms with Crippen molar-refractivity contribution in [3.8, 4) is 0 Å². The van der Waals surface area contributed by atoms with E-state index in [1.807, 2.05) is 35.2 Å². The zero-order chi connectivity index (χ0) is 14.2. The van der Waals surface area contributed by atoms with Crippen LogP contribution in [-0.2, 0) is 16.4 Å². The third-order valence-corrected chi connectivity index (χ3v) is 5.29. The summed E-state index contributed by atoms with van der Waals surface area (Å²) in [7, 11) is -2.88. The quantitative estimate of drug-likeness (QED) is 0.890. The van der Waals surface area contributed by atoms with Crippen molar-refractivity contribution in [2.24, 2.45) is 5.73 Å². The molecule has 0 aliphatic carbocycles. The van der Waals surface area contributed by atoms with E-state index < -0.39 is 9.84 Å². The van der Waals surface area contributed by atoms with E-state index >= 15 is 0 Å². The van der Waals surface area contributed by atoms with Crippen LogP contribution in [0.4, 0.5) is 5.82 Å². The van der Waals surface area contributed by atoms with Gasteiger partial charge in [0.2, 0.25) is 0 Å². The zero-order valence-corrected chi connectivity index (χ0v) is 11.9. The summed E-state index contributed by atoms with van der Waals surface area (Å²) in [6, 6.07) is 9.85. The van der Waals surface area contributed by atoms with E-state index in [1.165, 1.54) is 0 Å². The van der Waals surface area contributed by atoms with E-state index in [0.717, 1.165) is 22.3 Å². The predicted octanol–water partition coefficient (Wildman–Crippen LogP) is 0.928. The molecule has 0 atom stereocenters. The summed E-state index contributed by atoms with van der Waals surface area (Å²) in [5, 5.41) is 1.06. The van der Waals surface area contributed by atoms with Gasteiger partial charge in [-0.25, -0.2) is 13.4 Å². The van der Waals surface area contributed by atoms with Crippen molar-refractivity contribution < 1.29 is 8.42 Å². The first kappa shape index (κ1) is 13.3. The molecule has 0 spiro atoms. The molecule has 0 unspecified atom stereocenters. The van der Waals surface area contributed by atoms with Gasteiger partial charge in [0.1, 0.15) is 5.82 Å². The fourth-order valence-corrected chi connectivity index (χ4v) is 3.71. The third-order valence-electron chi connectivity index (χ3n) is 3.68. The van der Waals surface area contributed by atoms with Gasteiger partial charge in [0.15, 0.2) is 9.84 Å². The molecule has 1 aromatic carbocycles. The highest BCUT2D eigenvalue weighted by atomic mass is 32.2. The lowest BCUT2D eigenvalue weighted by Crippen LogP contribution is -2.40. The van der Waals surface area contributed by atoms with Crippen LogP contribution in [0.15, 0.2) is 30.3 Å². The number of hydrogen-bond acceptors (Lipinski definition) is 5. The van der Waals surface area contributed by atoms with Crippen molar-refractivity contribution in [3.63, 3.8) is 0 Å². The fraction of sp³-hybridized carbons (Fsp3) is 0.357. The summed E-state index contributed by atoms with van der Waals surface area (Å²) >= 11 is 0. The predicted molar refractivity (Wildman–Crippen MR) is 80.5 cm³/mol. The van der Waals surface area contributed by atoms with Crippen LogP contribution in [0.5, 0.6) is 0 Å². The fourth-order valence-electron chi connectivity index (χ4n) is 2.50. The molecule has 1 aliphatic rings. The number of sulfone groups is 1. The molecule has 106 valence electrons. The SMILES string of the molecule is NCc1cc(N2CCS(=O)(=O)CC2)nc2ccccc12. The molecule has 0 radical (unpaired) electrons. The molecule has 5 nitrogen and oxygen atoms in total. The molecule has 0 bridgehead atoms. The summed E-state index contributed by atoms with van der Waals surface area (Å²) < 4.78 is 23.0. The van der Waals surface area contributed by atoms with Crippen LogP contribution in [0.3, 0.4) is 0 Å². The largest absolute Gasteiger partial charge is 0.355 e. The minimum absolute atomic E-state index is 0.194. The lowest BCUT2D eigenvalue weighted by atomic mass is 10.1. The van der Waals surface area contributed by atoms with Gasteiger partial charge in [0, 0.05) is 25.0 Å². The van der Waals surface area contributed by atoms with E-state index in [4.69, 9.17) is 5.73 Å². The van der Waals surface area contributed by atoms with Crippen molar-refractivity contribution in [1.82, 2.24) is 4.98 Å². The average Bonchev–Trinajstić information content (AvgIpc) is 2.46. The highest BCUT2D eigenvalue weighted by Crippen LogP contribution is 2.23. The molecule has 3 rings (SSSR count). The number of benzene rings is 1. The number of aromatic nitrogens is 1. The van der Waals surface area contributed by atoms with Gasteiger partial charge in [-0.1, -0.05) is 18.2 Å². The average molecular weight is 291 g/mol. The van der Waals surface area contributed by atoms with Crippen LogP contribution in [-0.4, -0.2) is 38.0 Å². The number of nitrogens with zero attached hydrogens (tertiary/aromatic N) is 2. The van der Waals surface area contributed by atoms with Crippen LogP contribution in [0.2, 0.25) is 0 Å². The summed E-state index contributed by atoms with van der Waals surface area (Å²) in [6.45, 7) is 1.44. The first-order valence-electron chi connectivity index (χ1n) is 6.63. The van der Waals surface area contributed by atoms with Gasteiger partial charge in [0.05, 0.1) is 17.0 Å².